The molecule has 0 saturated heterocycles. The Morgan fingerprint density at radius 1 is 1.04 bits per heavy atom. The molecule has 0 unspecified atom stereocenters. The van der Waals surface area contributed by atoms with Gasteiger partial charge in [0.1, 0.15) is 0 Å². The summed E-state index contributed by atoms with van der Waals surface area (Å²) in [5.74, 6) is 1.29. The molecule has 0 radical (unpaired) electrons. The van der Waals surface area contributed by atoms with Gasteiger partial charge < -0.3 is 19.5 Å². The number of ether oxygens (including phenoxy) is 3. The second kappa shape index (κ2) is 9.27. The first-order valence-electron chi connectivity index (χ1n) is 7.86. The summed E-state index contributed by atoms with van der Waals surface area (Å²) in [6, 6.07) is 8.32. The molecule has 0 heterocycles. The first kappa shape index (κ1) is 21.3. The standard InChI is InChI=1S/C18H18F3N3O3S/c1-25-14-8-11(9-15(26-2)16(14)27-3)10-22-24-17(28)23-13-7-5-4-6-12(13)18(19,20)21/h4-10H,1-3H3,(H2,23,24,28)/b22-10-. The van der Waals surface area contributed by atoms with Gasteiger partial charge in [0, 0.05) is 5.56 Å². The molecule has 10 heteroatoms. The molecule has 0 fully saturated rings. The Morgan fingerprint density at radius 3 is 2.18 bits per heavy atom. The summed E-state index contributed by atoms with van der Waals surface area (Å²) in [4.78, 5) is 0. The highest BCUT2D eigenvalue weighted by Crippen LogP contribution is 2.37. The zero-order chi connectivity index (χ0) is 20.7. The SMILES string of the molecule is COc1cc(/C=N\NC(=S)Nc2ccccc2C(F)(F)F)cc(OC)c1OC. The highest BCUT2D eigenvalue weighted by molar-refractivity contribution is 7.80. The Balaban J connectivity index is 2.11. The van der Waals surface area contributed by atoms with E-state index in [0.717, 1.165) is 6.07 Å². The third kappa shape index (κ3) is 5.26. The molecule has 0 aliphatic rings. The van der Waals surface area contributed by atoms with Crippen molar-refractivity contribution in [2.45, 2.75) is 6.18 Å². The Morgan fingerprint density at radius 2 is 1.64 bits per heavy atom. The summed E-state index contributed by atoms with van der Waals surface area (Å²) < 4.78 is 54.7. The van der Waals surface area contributed by atoms with Gasteiger partial charge in [0.25, 0.3) is 0 Å². The molecule has 0 saturated carbocycles. The molecule has 6 nitrogen and oxygen atoms in total. The second-order valence-electron chi connectivity index (χ2n) is 5.33. The highest BCUT2D eigenvalue weighted by atomic mass is 32.1. The van der Waals surface area contributed by atoms with Gasteiger partial charge in [-0.15, -0.1) is 0 Å². The Hall–Kier alpha value is -3.01. The third-order valence-corrected chi connectivity index (χ3v) is 3.74. The number of rotatable bonds is 6. The Kier molecular flexibility index (Phi) is 7.05. The zero-order valence-electron chi connectivity index (χ0n) is 15.3. The summed E-state index contributed by atoms with van der Waals surface area (Å²) in [6.45, 7) is 0. The minimum absolute atomic E-state index is 0.0969. The number of halogens is 3. The molecular formula is C18H18F3N3O3S. The molecule has 0 aliphatic carbocycles. The highest BCUT2D eigenvalue weighted by Gasteiger charge is 2.33. The largest absolute Gasteiger partial charge is 0.493 e. The maximum atomic E-state index is 13.0. The summed E-state index contributed by atoms with van der Waals surface area (Å²) in [6.07, 6.45) is -3.09. The van der Waals surface area contributed by atoms with E-state index in [1.54, 1.807) is 12.1 Å². The molecule has 2 rings (SSSR count). The van der Waals surface area contributed by atoms with Crippen molar-refractivity contribution in [3.05, 3.63) is 47.5 Å². The van der Waals surface area contributed by atoms with Gasteiger partial charge in [-0.05, 0) is 36.5 Å². The fourth-order valence-corrected chi connectivity index (χ4v) is 2.49. The quantitative estimate of drug-likeness (QED) is 0.423. The van der Waals surface area contributed by atoms with Crippen LogP contribution >= 0.6 is 12.2 Å². The number of para-hydroxylation sites is 1. The van der Waals surface area contributed by atoms with Crippen LogP contribution in [0.25, 0.3) is 0 Å². The van der Waals surface area contributed by atoms with E-state index in [2.05, 4.69) is 15.8 Å². The molecule has 28 heavy (non-hydrogen) atoms. The van der Waals surface area contributed by atoms with E-state index in [1.165, 1.54) is 45.7 Å². The van der Waals surface area contributed by atoms with E-state index in [-0.39, 0.29) is 10.8 Å². The fraction of sp³-hybridized carbons (Fsp3) is 0.222. The van der Waals surface area contributed by atoms with Gasteiger partial charge in [0.05, 0.1) is 38.8 Å². The summed E-state index contributed by atoms with van der Waals surface area (Å²) in [7, 11) is 4.44. The van der Waals surface area contributed by atoms with E-state index >= 15 is 0 Å². The van der Waals surface area contributed by atoms with Crippen molar-refractivity contribution in [1.29, 1.82) is 0 Å². The van der Waals surface area contributed by atoms with Gasteiger partial charge in [-0.25, -0.2) is 0 Å². The molecule has 0 bridgehead atoms. The lowest BCUT2D eigenvalue weighted by molar-refractivity contribution is -0.136. The summed E-state index contributed by atoms with van der Waals surface area (Å²) in [5.41, 5.74) is 2.07. The Bertz CT molecular complexity index is 848. The van der Waals surface area contributed by atoms with Crippen molar-refractivity contribution < 1.29 is 27.4 Å². The average Bonchev–Trinajstić information content (AvgIpc) is 2.66. The third-order valence-electron chi connectivity index (χ3n) is 3.55. The summed E-state index contributed by atoms with van der Waals surface area (Å²) in [5, 5.41) is 6.31. The predicted molar refractivity (Wildman–Crippen MR) is 104 cm³/mol. The van der Waals surface area contributed by atoms with Gasteiger partial charge in [-0.2, -0.15) is 18.3 Å². The van der Waals surface area contributed by atoms with Crippen LogP contribution in [0, 0.1) is 0 Å². The minimum atomic E-state index is -4.50. The molecular weight excluding hydrogens is 395 g/mol. The number of nitrogens with zero attached hydrogens (tertiary/aromatic N) is 1. The maximum absolute atomic E-state index is 13.0. The smallest absolute Gasteiger partial charge is 0.418 e. The maximum Gasteiger partial charge on any atom is 0.418 e. The second-order valence-corrected chi connectivity index (χ2v) is 5.73. The van der Waals surface area contributed by atoms with Gasteiger partial charge in [0.15, 0.2) is 16.6 Å². The lowest BCUT2D eigenvalue weighted by Crippen LogP contribution is -2.25. The molecule has 0 amide bonds. The number of benzene rings is 2. The first-order valence-corrected chi connectivity index (χ1v) is 8.27. The molecule has 2 N–H and O–H groups in total. The minimum Gasteiger partial charge on any atom is -0.493 e. The van der Waals surface area contributed by atoms with Gasteiger partial charge in [0.2, 0.25) is 5.75 Å². The Labute approximate surface area is 165 Å². The first-order chi connectivity index (χ1) is 13.3. The van der Waals surface area contributed by atoms with Crippen LogP contribution in [0.1, 0.15) is 11.1 Å². The van der Waals surface area contributed by atoms with Crippen LogP contribution in [0.2, 0.25) is 0 Å². The molecule has 0 atom stereocenters. The lowest BCUT2D eigenvalue weighted by Gasteiger charge is -2.14. The van der Waals surface area contributed by atoms with E-state index in [0.29, 0.717) is 22.8 Å². The summed E-state index contributed by atoms with van der Waals surface area (Å²) >= 11 is 5.00. The molecule has 2 aromatic rings. The van der Waals surface area contributed by atoms with Crippen LogP contribution < -0.4 is 25.0 Å². The van der Waals surface area contributed by atoms with Crippen LogP contribution in [-0.2, 0) is 6.18 Å². The fourth-order valence-electron chi connectivity index (χ4n) is 2.33. The van der Waals surface area contributed by atoms with Gasteiger partial charge in [-0.1, -0.05) is 12.1 Å². The number of hydrazone groups is 1. The zero-order valence-corrected chi connectivity index (χ0v) is 16.1. The van der Waals surface area contributed by atoms with Crippen LogP contribution in [0.3, 0.4) is 0 Å². The van der Waals surface area contributed by atoms with Crippen molar-refractivity contribution in [2.75, 3.05) is 26.6 Å². The molecule has 0 aliphatic heterocycles. The predicted octanol–water partition coefficient (Wildman–Crippen LogP) is 4.05. The van der Waals surface area contributed by atoms with Crippen molar-refractivity contribution in [2.24, 2.45) is 5.10 Å². The number of anilines is 1. The van der Waals surface area contributed by atoms with Crippen LogP contribution in [0.5, 0.6) is 17.2 Å². The van der Waals surface area contributed by atoms with Crippen molar-refractivity contribution in [1.82, 2.24) is 5.43 Å². The van der Waals surface area contributed by atoms with Gasteiger partial charge in [-0.3, -0.25) is 5.43 Å². The van der Waals surface area contributed by atoms with Crippen molar-refractivity contribution >= 4 is 29.2 Å². The number of thiocarbonyl (C=S) groups is 1. The van der Waals surface area contributed by atoms with Crippen LogP contribution in [0.15, 0.2) is 41.5 Å². The number of hydrogen-bond donors (Lipinski definition) is 2. The van der Waals surface area contributed by atoms with Crippen molar-refractivity contribution in [3.63, 3.8) is 0 Å². The molecule has 0 spiro atoms. The molecule has 0 aromatic heterocycles. The average molecular weight is 413 g/mol. The van der Waals surface area contributed by atoms with Crippen LogP contribution in [0.4, 0.5) is 18.9 Å². The van der Waals surface area contributed by atoms with E-state index in [9.17, 15) is 13.2 Å². The number of alkyl halides is 3. The van der Waals surface area contributed by atoms with E-state index in [4.69, 9.17) is 26.4 Å². The van der Waals surface area contributed by atoms with Crippen LogP contribution in [-0.4, -0.2) is 32.7 Å². The van der Waals surface area contributed by atoms with Gasteiger partial charge >= 0.3 is 6.18 Å². The van der Waals surface area contributed by atoms with E-state index in [1.807, 2.05) is 0 Å². The van der Waals surface area contributed by atoms with E-state index < -0.39 is 11.7 Å². The van der Waals surface area contributed by atoms with Crippen molar-refractivity contribution in [3.8, 4) is 17.2 Å². The molecule has 2 aromatic carbocycles. The lowest BCUT2D eigenvalue weighted by atomic mass is 10.2. The topological polar surface area (TPSA) is 64.1 Å². The normalized spacial score (nSPS) is 11.2. The number of methoxy groups -OCH3 is 3. The molecule has 150 valence electrons. The number of nitrogens with one attached hydrogen (secondary N) is 2. The number of hydrogen-bond acceptors (Lipinski definition) is 5. The monoisotopic (exact) mass is 413 g/mol.